The number of hydrogen-bond acceptors (Lipinski definition) is 7. The molecule has 0 radical (unpaired) electrons. The zero-order valence-electron chi connectivity index (χ0n) is 16.3. The Morgan fingerprint density at radius 1 is 1.18 bits per heavy atom. The molecule has 0 spiro atoms. The van der Waals surface area contributed by atoms with E-state index in [9.17, 15) is 13.2 Å². The lowest BCUT2D eigenvalue weighted by molar-refractivity contribution is 0.147. The van der Waals surface area contributed by atoms with Crippen LogP contribution in [0.2, 0.25) is 0 Å². The van der Waals surface area contributed by atoms with E-state index in [1.54, 1.807) is 0 Å². The van der Waals surface area contributed by atoms with E-state index < -0.39 is 16.1 Å². The predicted molar refractivity (Wildman–Crippen MR) is 110 cm³/mol. The van der Waals surface area contributed by atoms with E-state index in [1.165, 1.54) is 35.6 Å². The summed E-state index contributed by atoms with van der Waals surface area (Å²) in [7, 11) is -3.78. The van der Waals surface area contributed by atoms with Crippen LogP contribution in [0.15, 0.2) is 29.2 Å². The Kier molecular flexibility index (Phi) is 8.18. The third kappa shape index (κ3) is 7.08. The number of hydrogen-bond donors (Lipinski definition) is 2. The van der Waals surface area contributed by atoms with Crippen LogP contribution in [-0.4, -0.2) is 31.3 Å². The number of nitrogens with zero attached hydrogens (tertiary/aromatic N) is 2. The minimum atomic E-state index is -3.78. The normalized spacial score (nSPS) is 11.4. The molecule has 1 aromatic carbocycles. The fourth-order valence-corrected chi connectivity index (χ4v) is 4.22. The summed E-state index contributed by atoms with van der Waals surface area (Å²) in [5.41, 5.74) is 0.446. The number of unbranched alkanes of at least 4 members (excludes halogenated alkanes) is 2. The van der Waals surface area contributed by atoms with Gasteiger partial charge in [-0.25, -0.2) is 13.2 Å². The topological polar surface area (TPSA) is 110 Å². The van der Waals surface area contributed by atoms with Crippen LogP contribution in [0.25, 0.3) is 0 Å². The second-order valence-corrected chi connectivity index (χ2v) is 9.45. The van der Waals surface area contributed by atoms with Crippen LogP contribution in [0.5, 0.6) is 0 Å². The van der Waals surface area contributed by atoms with Gasteiger partial charge in [0.05, 0.1) is 11.5 Å². The lowest BCUT2D eigenvalue weighted by Gasteiger charge is -2.09. The Hall–Kier alpha value is -2.20. The van der Waals surface area contributed by atoms with Crippen LogP contribution in [0.1, 0.15) is 45.0 Å². The van der Waals surface area contributed by atoms with Gasteiger partial charge < -0.3 is 4.74 Å². The molecule has 0 aliphatic carbocycles. The number of amides is 1. The summed E-state index contributed by atoms with van der Waals surface area (Å²) in [5.74, 6) is 0.233. The summed E-state index contributed by atoms with van der Waals surface area (Å²) in [6.45, 7) is 6.30. The van der Waals surface area contributed by atoms with Gasteiger partial charge in [-0.1, -0.05) is 44.9 Å². The first-order valence-corrected chi connectivity index (χ1v) is 11.5. The van der Waals surface area contributed by atoms with Gasteiger partial charge >= 0.3 is 6.09 Å². The Morgan fingerprint density at radius 2 is 1.89 bits per heavy atom. The minimum absolute atomic E-state index is 0.0660. The number of benzene rings is 1. The van der Waals surface area contributed by atoms with E-state index in [0.717, 1.165) is 30.7 Å². The Balaban J connectivity index is 1.95. The first-order valence-electron chi connectivity index (χ1n) is 9.19. The number of aromatic nitrogens is 2. The van der Waals surface area contributed by atoms with Crippen molar-refractivity contribution in [1.29, 1.82) is 0 Å². The molecule has 2 aromatic rings. The van der Waals surface area contributed by atoms with Crippen LogP contribution in [0, 0.1) is 5.92 Å². The summed E-state index contributed by atoms with van der Waals surface area (Å²) in [5, 5.41) is 11.5. The molecule has 1 heterocycles. The molecule has 1 amide bonds. The number of nitrogens with one attached hydrogen (secondary N) is 2. The van der Waals surface area contributed by atoms with Crippen molar-refractivity contribution in [2.45, 2.75) is 51.3 Å². The molecule has 10 heteroatoms. The van der Waals surface area contributed by atoms with Crippen molar-refractivity contribution in [3.63, 3.8) is 0 Å². The lowest BCUT2D eigenvalue weighted by atomic mass is 10.2. The van der Waals surface area contributed by atoms with Crippen molar-refractivity contribution < 1.29 is 17.9 Å². The fraction of sp³-hybridized carbons (Fsp3) is 0.500. The third-order valence-electron chi connectivity index (χ3n) is 3.64. The van der Waals surface area contributed by atoms with Gasteiger partial charge in [0.2, 0.25) is 5.13 Å². The summed E-state index contributed by atoms with van der Waals surface area (Å²) in [4.78, 5) is 11.7. The zero-order valence-corrected chi connectivity index (χ0v) is 17.9. The molecule has 1 aromatic heterocycles. The summed E-state index contributed by atoms with van der Waals surface area (Å²) >= 11 is 1.24. The number of ether oxygens (including phenoxy) is 1. The molecule has 0 saturated heterocycles. The van der Waals surface area contributed by atoms with Crippen LogP contribution < -0.4 is 10.0 Å². The third-order valence-corrected chi connectivity index (χ3v) is 6.02. The molecule has 0 unspecified atom stereocenters. The Labute approximate surface area is 169 Å². The highest BCUT2D eigenvalue weighted by Crippen LogP contribution is 2.22. The average Bonchev–Trinajstić information content (AvgIpc) is 3.07. The number of aryl methyl sites for hydroxylation is 1. The summed E-state index contributed by atoms with van der Waals surface area (Å²) in [6.07, 6.45) is 3.43. The van der Waals surface area contributed by atoms with Crippen molar-refractivity contribution in [3.8, 4) is 0 Å². The average molecular weight is 427 g/mol. The van der Waals surface area contributed by atoms with Crippen molar-refractivity contribution in [2.75, 3.05) is 16.6 Å². The summed E-state index contributed by atoms with van der Waals surface area (Å²) in [6, 6.07) is 5.82. The molecule has 0 atom stereocenters. The van der Waals surface area contributed by atoms with Gasteiger partial charge in [0.15, 0.2) is 0 Å². The van der Waals surface area contributed by atoms with Gasteiger partial charge in [-0.15, -0.1) is 10.2 Å². The molecular formula is C18H26N4O4S2. The zero-order chi connectivity index (χ0) is 20.6. The SMILES string of the molecule is CCCCCc1nnc(NS(=O)(=O)c2ccc(NC(=O)OCC(C)C)cc2)s1. The molecule has 0 bridgehead atoms. The highest BCUT2D eigenvalue weighted by Gasteiger charge is 2.17. The largest absolute Gasteiger partial charge is 0.449 e. The molecule has 28 heavy (non-hydrogen) atoms. The fourth-order valence-electron chi connectivity index (χ4n) is 2.21. The molecule has 0 aliphatic rings. The van der Waals surface area contributed by atoms with Crippen LogP contribution in [-0.2, 0) is 21.2 Å². The molecule has 0 aliphatic heterocycles. The Bertz CT molecular complexity index is 864. The predicted octanol–water partition coefficient (Wildman–Crippen LogP) is 4.28. The first-order chi connectivity index (χ1) is 13.3. The molecule has 8 nitrogen and oxygen atoms in total. The number of anilines is 2. The van der Waals surface area contributed by atoms with Gasteiger partial charge in [-0.3, -0.25) is 10.0 Å². The molecule has 2 N–H and O–H groups in total. The van der Waals surface area contributed by atoms with E-state index in [0.29, 0.717) is 12.3 Å². The first kappa shape index (κ1) is 22.1. The molecule has 0 fully saturated rings. The van der Waals surface area contributed by atoms with Crippen molar-refractivity contribution in [3.05, 3.63) is 29.3 Å². The molecule has 0 saturated carbocycles. The van der Waals surface area contributed by atoms with Crippen LogP contribution in [0.3, 0.4) is 0 Å². The van der Waals surface area contributed by atoms with Gasteiger partial charge in [-0.05, 0) is 36.6 Å². The Morgan fingerprint density at radius 3 is 2.54 bits per heavy atom. The molecule has 2 rings (SSSR count). The number of carbonyl (C=O) groups is 1. The second-order valence-electron chi connectivity index (χ2n) is 6.71. The smallest absolute Gasteiger partial charge is 0.411 e. The highest BCUT2D eigenvalue weighted by molar-refractivity contribution is 7.93. The monoisotopic (exact) mass is 426 g/mol. The van der Waals surface area contributed by atoms with Gasteiger partial charge in [0.1, 0.15) is 5.01 Å². The van der Waals surface area contributed by atoms with Gasteiger partial charge in [0, 0.05) is 12.1 Å². The molecular weight excluding hydrogens is 400 g/mol. The lowest BCUT2D eigenvalue weighted by Crippen LogP contribution is -2.17. The number of carbonyl (C=O) groups excluding carboxylic acids is 1. The van der Waals surface area contributed by atoms with Crippen molar-refractivity contribution >= 4 is 38.3 Å². The molecule has 154 valence electrons. The van der Waals surface area contributed by atoms with E-state index in [-0.39, 0.29) is 15.9 Å². The maximum Gasteiger partial charge on any atom is 0.411 e. The van der Waals surface area contributed by atoms with E-state index in [4.69, 9.17) is 4.74 Å². The van der Waals surface area contributed by atoms with Gasteiger partial charge in [-0.2, -0.15) is 0 Å². The van der Waals surface area contributed by atoms with Gasteiger partial charge in [0.25, 0.3) is 10.0 Å². The van der Waals surface area contributed by atoms with E-state index in [1.807, 2.05) is 13.8 Å². The van der Waals surface area contributed by atoms with E-state index in [2.05, 4.69) is 27.2 Å². The van der Waals surface area contributed by atoms with Crippen LogP contribution in [0.4, 0.5) is 15.6 Å². The van der Waals surface area contributed by atoms with Crippen LogP contribution >= 0.6 is 11.3 Å². The number of rotatable bonds is 10. The summed E-state index contributed by atoms with van der Waals surface area (Å²) < 4.78 is 32.5. The van der Waals surface area contributed by atoms with E-state index >= 15 is 0 Å². The minimum Gasteiger partial charge on any atom is -0.449 e. The second kappa shape index (κ2) is 10.4. The maximum atomic E-state index is 12.5. The quantitative estimate of drug-likeness (QED) is 0.549. The van der Waals surface area contributed by atoms with Crippen molar-refractivity contribution in [1.82, 2.24) is 10.2 Å². The standard InChI is InChI=1S/C18H26N4O4S2/c1-4-5-6-7-16-20-21-17(27-16)22-28(24,25)15-10-8-14(9-11-15)19-18(23)26-12-13(2)3/h8-11,13H,4-7,12H2,1-3H3,(H,19,23)(H,21,22). The maximum absolute atomic E-state index is 12.5. The van der Waals surface area contributed by atoms with Crippen molar-refractivity contribution in [2.24, 2.45) is 5.92 Å². The highest BCUT2D eigenvalue weighted by atomic mass is 32.2. The number of sulfonamides is 1.